The molecular weight excluding hydrogens is 280 g/mol. The van der Waals surface area contributed by atoms with Gasteiger partial charge in [0, 0.05) is 30.3 Å². The van der Waals surface area contributed by atoms with Crippen molar-refractivity contribution < 1.29 is 9.59 Å². The van der Waals surface area contributed by atoms with Crippen LogP contribution in [-0.2, 0) is 9.59 Å². The molecule has 1 saturated heterocycles. The second-order valence-electron chi connectivity index (χ2n) is 4.65. The summed E-state index contributed by atoms with van der Waals surface area (Å²) in [4.78, 5) is 25.1. The monoisotopic (exact) mass is 296 g/mol. The van der Waals surface area contributed by atoms with Gasteiger partial charge in [0.25, 0.3) is 0 Å². The molecule has 1 heterocycles. The smallest absolute Gasteiger partial charge is 0.238 e. The fourth-order valence-electron chi connectivity index (χ4n) is 2.17. The minimum Gasteiger partial charge on any atom is -0.368 e. The van der Waals surface area contributed by atoms with Gasteiger partial charge in [0.2, 0.25) is 11.8 Å². The Labute approximate surface area is 122 Å². The minimum atomic E-state index is -0.450. The molecule has 2 rings (SSSR count). The molecule has 0 aliphatic carbocycles. The first-order valence-electron chi connectivity index (χ1n) is 6.36. The topological polar surface area (TPSA) is 87.5 Å². The Hall–Kier alpha value is -1.63. The van der Waals surface area contributed by atoms with Gasteiger partial charge < -0.3 is 16.4 Å². The highest BCUT2D eigenvalue weighted by molar-refractivity contribution is 6.30. The number of benzene rings is 1. The van der Waals surface area contributed by atoms with Crippen LogP contribution >= 0.6 is 11.6 Å². The lowest BCUT2D eigenvalue weighted by Crippen LogP contribution is -2.58. The summed E-state index contributed by atoms with van der Waals surface area (Å²) in [6, 6.07) is 6.47. The number of nitrogens with two attached hydrogens (primary N) is 1. The highest BCUT2D eigenvalue weighted by Gasteiger charge is 2.28. The quantitative estimate of drug-likeness (QED) is 0.732. The standard InChI is InChI=1S/C13H17ClN4O2/c14-9-2-1-3-10(6-9)17-12(19)8-18-5-4-16-7-11(18)13(15)20/h1-3,6,11,16H,4-5,7-8H2,(H2,15,20)(H,17,19). The van der Waals surface area contributed by atoms with Gasteiger partial charge in [-0.3, -0.25) is 14.5 Å². The zero-order valence-electron chi connectivity index (χ0n) is 10.9. The number of hydrogen-bond acceptors (Lipinski definition) is 4. The van der Waals surface area contributed by atoms with Gasteiger partial charge in [-0.05, 0) is 18.2 Å². The zero-order valence-corrected chi connectivity index (χ0v) is 11.7. The summed E-state index contributed by atoms with van der Waals surface area (Å²) < 4.78 is 0. The molecule has 1 atom stereocenters. The van der Waals surface area contributed by atoms with Gasteiger partial charge in [0.05, 0.1) is 6.54 Å². The number of amides is 2. The van der Waals surface area contributed by atoms with Crippen molar-refractivity contribution in [2.24, 2.45) is 5.73 Å². The molecule has 0 radical (unpaired) electrons. The molecule has 0 bridgehead atoms. The average Bonchev–Trinajstić information content (AvgIpc) is 2.38. The van der Waals surface area contributed by atoms with E-state index in [4.69, 9.17) is 17.3 Å². The third kappa shape index (κ3) is 3.93. The van der Waals surface area contributed by atoms with Crippen molar-refractivity contribution in [1.82, 2.24) is 10.2 Å². The van der Waals surface area contributed by atoms with Gasteiger partial charge in [-0.1, -0.05) is 17.7 Å². The van der Waals surface area contributed by atoms with Crippen molar-refractivity contribution in [3.8, 4) is 0 Å². The Kier molecular flexibility index (Phi) is 4.94. The molecule has 2 amide bonds. The lowest BCUT2D eigenvalue weighted by molar-refractivity contribution is -0.125. The van der Waals surface area contributed by atoms with E-state index in [9.17, 15) is 9.59 Å². The van der Waals surface area contributed by atoms with E-state index in [0.717, 1.165) is 6.54 Å². The maximum atomic E-state index is 12.0. The summed E-state index contributed by atoms with van der Waals surface area (Å²) in [7, 11) is 0. The molecule has 1 aliphatic rings. The average molecular weight is 297 g/mol. The van der Waals surface area contributed by atoms with Gasteiger partial charge in [-0.2, -0.15) is 0 Å². The number of carbonyl (C=O) groups is 2. The number of nitrogens with one attached hydrogen (secondary N) is 2. The van der Waals surface area contributed by atoms with E-state index in [1.807, 2.05) is 0 Å². The Balaban J connectivity index is 1.94. The van der Waals surface area contributed by atoms with Crippen LogP contribution in [0.4, 0.5) is 5.69 Å². The maximum Gasteiger partial charge on any atom is 0.238 e. The van der Waals surface area contributed by atoms with Crippen LogP contribution in [0.1, 0.15) is 0 Å². The molecule has 1 unspecified atom stereocenters. The number of primary amides is 1. The molecule has 0 aromatic heterocycles. The largest absolute Gasteiger partial charge is 0.368 e. The lowest BCUT2D eigenvalue weighted by Gasteiger charge is -2.33. The second-order valence-corrected chi connectivity index (χ2v) is 5.09. The Morgan fingerprint density at radius 3 is 3.00 bits per heavy atom. The first kappa shape index (κ1) is 14.8. The van der Waals surface area contributed by atoms with Crippen LogP contribution in [-0.4, -0.2) is 48.9 Å². The number of carbonyl (C=O) groups excluding carboxylic acids is 2. The van der Waals surface area contributed by atoms with Gasteiger partial charge in [-0.25, -0.2) is 0 Å². The fraction of sp³-hybridized carbons (Fsp3) is 0.385. The molecule has 0 saturated carbocycles. The Morgan fingerprint density at radius 2 is 2.30 bits per heavy atom. The number of piperazine rings is 1. The molecule has 108 valence electrons. The van der Waals surface area contributed by atoms with Crippen LogP contribution in [0.3, 0.4) is 0 Å². The molecule has 0 spiro atoms. The fourth-order valence-corrected chi connectivity index (χ4v) is 2.36. The summed E-state index contributed by atoms with van der Waals surface area (Å²) in [5.41, 5.74) is 5.97. The SMILES string of the molecule is NC(=O)C1CNCCN1CC(=O)Nc1cccc(Cl)c1. The minimum absolute atomic E-state index is 0.127. The molecule has 20 heavy (non-hydrogen) atoms. The van der Waals surface area contributed by atoms with Crippen molar-refractivity contribution in [3.05, 3.63) is 29.3 Å². The number of rotatable bonds is 4. The third-order valence-corrected chi connectivity index (χ3v) is 3.37. The second kappa shape index (κ2) is 6.69. The lowest BCUT2D eigenvalue weighted by atomic mass is 10.2. The van der Waals surface area contributed by atoms with E-state index in [1.165, 1.54) is 0 Å². The summed E-state index contributed by atoms with van der Waals surface area (Å²) in [6.45, 7) is 1.94. The van der Waals surface area contributed by atoms with E-state index in [1.54, 1.807) is 29.2 Å². The first-order valence-corrected chi connectivity index (χ1v) is 6.73. The Morgan fingerprint density at radius 1 is 1.50 bits per heavy atom. The van der Waals surface area contributed by atoms with E-state index in [-0.39, 0.29) is 12.5 Å². The van der Waals surface area contributed by atoms with Crippen molar-refractivity contribution in [2.75, 3.05) is 31.5 Å². The van der Waals surface area contributed by atoms with Crippen molar-refractivity contribution >= 4 is 29.1 Å². The van der Waals surface area contributed by atoms with Crippen LogP contribution in [0, 0.1) is 0 Å². The van der Waals surface area contributed by atoms with Crippen molar-refractivity contribution in [2.45, 2.75) is 6.04 Å². The van der Waals surface area contributed by atoms with E-state index >= 15 is 0 Å². The first-order chi connectivity index (χ1) is 9.56. The van der Waals surface area contributed by atoms with Gasteiger partial charge in [0.1, 0.15) is 6.04 Å². The van der Waals surface area contributed by atoms with Gasteiger partial charge in [-0.15, -0.1) is 0 Å². The van der Waals surface area contributed by atoms with Crippen LogP contribution in [0.15, 0.2) is 24.3 Å². The summed E-state index contributed by atoms with van der Waals surface area (Å²) in [5.74, 6) is -0.617. The summed E-state index contributed by atoms with van der Waals surface area (Å²) in [5, 5.41) is 6.39. The summed E-state index contributed by atoms with van der Waals surface area (Å²) in [6.07, 6.45) is 0. The van der Waals surface area contributed by atoms with E-state index in [2.05, 4.69) is 10.6 Å². The van der Waals surface area contributed by atoms with Crippen LogP contribution in [0.5, 0.6) is 0 Å². The molecule has 1 aliphatic heterocycles. The predicted molar refractivity (Wildman–Crippen MR) is 77.5 cm³/mol. The zero-order chi connectivity index (χ0) is 14.5. The molecule has 1 fully saturated rings. The van der Waals surface area contributed by atoms with Crippen LogP contribution < -0.4 is 16.4 Å². The normalized spacial score (nSPS) is 19.6. The number of halogens is 1. The Bertz CT molecular complexity index is 509. The molecule has 7 heteroatoms. The van der Waals surface area contributed by atoms with Crippen molar-refractivity contribution in [1.29, 1.82) is 0 Å². The highest BCUT2D eigenvalue weighted by Crippen LogP contribution is 2.15. The van der Waals surface area contributed by atoms with Gasteiger partial charge >= 0.3 is 0 Å². The highest BCUT2D eigenvalue weighted by atomic mass is 35.5. The number of anilines is 1. The van der Waals surface area contributed by atoms with E-state index in [0.29, 0.717) is 23.8 Å². The molecule has 4 N–H and O–H groups in total. The molecular formula is C13H17ClN4O2. The van der Waals surface area contributed by atoms with Crippen LogP contribution in [0.25, 0.3) is 0 Å². The number of hydrogen-bond donors (Lipinski definition) is 3. The predicted octanol–water partition coefficient (Wildman–Crippen LogP) is 0.0376. The van der Waals surface area contributed by atoms with Crippen molar-refractivity contribution in [3.63, 3.8) is 0 Å². The molecule has 6 nitrogen and oxygen atoms in total. The molecule has 1 aromatic carbocycles. The van der Waals surface area contributed by atoms with Gasteiger partial charge in [0.15, 0.2) is 0 Å². The summed E-state index contributed by atoms with van der Waals surface area (Å²) >= 11 is 5.85. The third-order valence-electron chi connectivity index (χ3n) is 3.14. The van der Waals surface area contributed by atoms with Crippen LogP contribution in [0.2, 0.25) is 5.02 Å². The molecule has 1 aromatic rings. The number of nitrogens with zero attached hydrogens (tertiary/aromatic N) is 1. The van der Waals surface area contributed by atoms with E-state index < -0.39 is 11.9 Å². The maximum absolute atomic E-state index is 12.0.